The van der Waals surface area contributed by atoms with Gasteiger partial charge in [-0.15, -0.1) is 24.9 Å². The highest BCUT2D eigenvalue weighted by atomic mass is 79.9. The second-order valence-electron chi connectivity index (χ2n) is 11.9. The van der Waals surface area contributed by atoms with Gasteiger partial charge in [0, 0.05) is 22.2 Å². The summed E-state index contributed by atoms with van der Waals surface area (Å²) in [6, 6.07) is 8.21. The standard InChI is InChI=1S/C31H41BrN2O5S/c1-6-8-12-16-39-29(38)23-24-27(36)34(21(19-35)17-20-13-10-9-11-14-20)26(31(24)18-22(32)25(23)40-31)28(37)33(15-7-2)30(3,4)5/h6-7,9-11,13-14,21-26,35H,1-2,8,12,15-19H2,3-5H3/t21-,22?,23-,24+,25-,26?,31?/m1/s1. The third-order valence-electron chi connectivity index (χ3n) is 8.34. The molecule has 2 bridgehead atoms. The Morgan fingerprint density at radius 3 is 2.58 bits per heavy atom. The van der Waals surface area contributed by atoms with E-state index in [0.29, 0.717) is 25.8 Å². The molecule has 1 aromatic rings. The van der Waals surface area contributed by atoms with E-state index in [1.165, 1.54) is 0 Å². The normalized spacial score (nSPS) is 29.7. The van der Waals surface area contributed by atoms with Gasteiger partial charge in [0.25, 0.3) is 0 Å². The van der Waals surface area contributed by atoms with Crippen molar-refractivity contribution in [1.29, 1.82) is 0 Å². The van der Waals surface area contributed by atoms with Gasteiger partial charge in [-0.3, -0.25) is 14.4 Å². The molecule has 0 aliphatic carbocycles. The number of unbranched alkanes of at least 4 members (excludes halogenated alkanes) is 1. The Balaban J connectivity index is 1.78. The van der Waals surface area contributed by atoms with E-state index >= 15 is 0 Å². The van der Waals surface area contributed by atoms with Crippen LogP contribution in [0.1, 0.15) is 45.6 Å². The molecule has 3 aliphatic heterocycles. The predicted octanol–water partition coefficient (Wildman–Crippen LogP) is 4.38. The average molecular weight is 634 g/mol. The molecule has 40 heavy (non-hydrogen) atoms. The lowest BCUT2D eigenvalue weighted by Gasteiger charge is -2.43. The summed E-state index contributed by atoms with van der Waals surface area (Å²) in [5.74, 6) is -2.18. The molecule has 3 fully saturated rings. The second kappa shape index (κ2) is 12.4. The molecule has 1 spiro atoms. The molecule has 3 heterocycles. The van der Waals surface area contributed by atoms with Crippen LogP contribution in [-0.4, -0.2) is 84.9 Å². The fourth-order valence-corrected chi connectivity index (χ4v) is 10.2. The van der Waals surface area contributed by atoms with Crippen LogP contribution in [0, 0.1) is 11.8 Å². The first-order valence-electron chi connectivity index (χ1n) is 14.0. The molecule has 3 saturated heterocycles. The summed E-state index contributed by atoms with van der Waals surface area (Å²) >= 11 is 5.38. The SMILES string of the molecule is C=CCCCOC(=O)[C@H]1[C@@H]2SC3(CC2Br)C(C(=O)N(CC=C)C(C)(C)C)N([C@@H](CO)Cc2ccccc2)C(=O)[C@H]13. The van der Waals surface area contributed by atoms with Crippen LogP contribution in [0.3, 0.4) is 0 Å². The van der Waals surface area contributed by atoms with Crippen LogP contribution < -0.4 is 0 Å². The van der Waals surface area contributed by atoms with E-state index in [9.17, 15) is 19.5 Å². The average Bonchev–Trinajstić information content (AvgIpc) is 3.51. The maximum absolute atomic E-state index is 14.6. The van der Waals surface area contributed by atoms with E-state index in [1.54, 1.807) is 33.7 Å². The first kappa shape index (κ1) is 30.8. The lowest BCUT2D eigenvalue weighted by molar-refractivity contribution is -0.154. The number of ether oxygens (including phenoxy) is 1. The molecule has 7 nitrogen and oxygen atoms in total. The van der Waals surface area contributed by atoms with Crippen LogP contribution in [0.5, 0.6) is 0 Å². The molecule has 1 N–H and O–H groups in total. The number of carbonyl (C=O) groups excluding carboxylic acids is 3. The Morgan fingerprint density at radius 2 is 1.98 bits per heavy atom. The van der Waals surface area contributed by atoms with E-state index in [2.05, 4.69) is 29.1 Å². The zero-order chi connectivity index (χ0) is 29.2. The molecule has 4 rings (SSSR count). The number of halogens is 1. The fraction of sp³-hybridized carbons (Fsp3) is 0.581. The lowest BCUT2D eigenvalue weighted by atomic mass is 9.71. The van der Waals surface area contributed by atoms with E-state index in [4.69, 9.17) is 4.74 Å². The van der Waals surface area contributed by atoms with E-state index in [1.807, 2.05) is 51.1 Å². The smallest absolute Gasteiger partial charge is 0.310 e. The number of fused-ring (bicyclic) bond motifs is 1. The molecule has 0 aromatic heterocycles. The first-order chi connectivity index (χ1) is 19.0. The van der Waals surface area contributed by atoms with Gasteiger partial charge in [-0.1, -0.05) is 58.4 Å². The molecule has 218 valence electrons. The molecular weight excluding hydrogens is 592 g/mol. The van der Waals surface area contributed by atoms with Gasteiger partial charge in [-0.05, 0) is 52.0 Å². The highest BCUT2D eigenvalue weighted by Crippen LogP contribution is 2.68. The monoisotopic (exact) mass is 632 g/mol. The lowest BCUT2D eigenvalue weighted by Crippen LogP contribution is -2.61. The second-order valence-corrected chi connectivity index (χ2v) is 14.7. The molecule has 1 aromatic carbocycles. The number of benzene rings is 1. The Hall–Kier alpha value is -2.10. The van der Waals surface area contributed by atoms with Gasteiger partial charge in [-0.2, -0.15) is 0 Å². The van der Waals surface area contributed by atoms with Crippen molar-refractivity contribution in [3.05, 3.63) is 61.2 Å². The summed E-state index contributed by atoms with van der Waals surface area (Å²) in [6.45, 7) is 13.8. The van der Waals surface area contributed by atoms with E-state index in [-0.39, 0.29) is 41.1 Å². The number of aliphatic hydroxyl groups excluding tert-OH is 1. The number of thioether (sulfide) groups is 1. The maximum atomic E-state index is 14.6. The van der Waals surface area contributed by atoms with Crippen LogP contribution >= 0.6 is 27.7 Å². The third-order valence-corrected chi connectivity index (χ3v) is 11.6. The minimum Gasteiger partial charge on any atom is -0.465 e. The summed E-state index contributed by atoms with van der Waals surface area (Å²) in [4.78, 5) is 45.9. The first-order valence-corrected chi connectivity index (χ1v) is 15.8. The Kier molecular flexibility index (Phi) is 9.57. The molecule has 3 aliphatic rings. The Bertz CT molecular complexity index is 1120. The summed E-state index contributed by atoms with van der Waals surface area (Å²) in [5, 5.41) is 10.5. The number of aliphatic hydroxyl groups is 1. The number of hydrogen-bond acceptors (Lipinski definition) is 6. The number of allylic oxidation sites excluding steroid dienone is 1. The van der Waals surface area contributed by atoms with Gasteiger partial charge in [0.2, 0.25) is 11.8 Å². The topological polar surface area (TPSA) is 87.2 Å². The fourth-order valence-electron chi connectivity index (χ4n) is 6.61. The Morgan fingerprint density at radius 1 is 1.27 bits per heavy atom. The largest absolute Gasteiger partial charge is 0.465 e. The van der Waals surface area contributed by atoms with Crippen LogP contribution in [0.2, 0.25) is 0 Å². The van der Waals surface area contributed by atoms with Gasteiger partial charge in [-0.25, -0.2) is 0 Å². The highest BCUT2D eigenvalue weighted by molar-refractivity contribution is 9.09. The van der Waals surface area contributed by atoms with Gasteiger partial charge < -0.3 is 19.6 Å². The van der Waals surface area contributed by atoms with Gasteiger partial charge in [0.05, 0.1) is 35.8 Å². The quantitative estimate of drug-likeness (QED) is 0.159. The van der Waals surface area contributed by atoms with E-state index < -0.39 is 34.2 Å². The van der Waals surface area contributed by atoms with Crippen molar-refractivity contribution in [1.82, 2.24) is 9.80 Å². The molecule has 3 unspecified atom stereocenters. The summed E-state index contributed by atoms with van der Waals surface area (Å²) < 4.78 is 4.87. The number of rotatable bonds is 12. The number of nitrogens with zero attached hydrogens (tertiary/aromatic N) is 2. The molecule has 0 saturated carbocycles. The number of likely N-dealkylation sites (tertiary alicyclic amines) is 1. The number of amides is 2. The summed E-state index contributed by atoms with van der Waals surface area (Å²) in [5.41, 5.74) is 0.434. The maximum Gasteiger partial charge on any atom is 0.310 e. The number of hydrogen-bond donors (Lipinski definition) is 1. The minimum atomic E-state index is -0.835. The molecule has 9 heteroatoms. The molecular formula is C31H41BrN2O5S. The minimum absolute atomic E-state index is 0.0493. The van der Waals surface area contributed by atoms with Crippen LogP contribution in [0.25, 0.3) is 0 Å². The molecule has 0 radical (unpaired) electrons. The summed E-state index contributed by atoms with van der Waals surface area (Å²) in [6.07, 6.45) is 5.85. The van der Waals surface area contributed by atoms with Crippen molar-refractivity contribution < 1.29 is 24.2 Å². The van der Waals surface area contributed by atoms with Crippen LogP contribution in [-0.2, 0) is 25.5 Å². The number of alkyl halides is 1. The van der Waals surface area contributed by atoms with Crippen molar-refractivity contribution in [2.24, 2.45) is 11.8 Å². The van der Waals surface area contributed by atoms with Gasteiger partial charge in [0.15, 0.2) is 0 Å². The van der Waals surface area contributed by atoms with Crippen molar-refractivity contribution in [2.45, 2.75) is 78.9 Å². The van der Waals surface area contributed by atoms with E-state index in [0.717, 1.165) is 12.0 Å². The zero-order valence-electron chi connectivity index (χ0n) is 23.6. The van der Waals surface area contributed by atoms with Crippen LogP contribution in [0.4, 0.5) is 0 Å². The van der Waals surface area contributed by atoms with Crippen molar-refractivity contribution >= 4 is 45.5 Å². The molecule has 7 atom stereocenters. The highest BCUT2D eigenvalue weighted by Gasteiger charge is 2.76. The van der Waals surface area contributed by atoms with Crippen molar-refractivity contribution in [2.75, 3.05) is 19.8 Å². The summed E-state index contributed by atoms with van der Waals surface area (Å²) in [7, 11) is 0. The Labute approximate surface area is 250 Å². The predicted molar refractivity (Wildman–Crippen MR) is 162 cm³/mol. The molecule has 2 amide bonds. The van der Waals surface area contributed by atoms with Gasteiger partial charge in [0.1, 0.15) is 6.04 Å². The zero-order valence-corrected chi connectivity index (χ0v) is 26.0. The van der Waals surface area contributed by atoms with Crippen LogP contribution in [0.15, 0.2) is 55.6 Å². The van der Waals surface area contributed by atoms with Crippen molar-refractivity contribution in [3.8, 4) is 0 Å². The van der Waals surface area contributed by atoms with Gasteiger partial charge >= 0.3 is 5.97 Å². The van der Waals surface area contributed by atoms with Crippen molar-refractivity contribution in [3.63, 3.8) is 0 Å². The number of esters is 1. The number of carbonyl (C=O) groups is 3. The third kappa shape index (κ3) is 5.53.